The fourth-order valence-electron chi connectivity index (χ4n) is 2.05. The Balaban J connectivity index is 1.90. The van der Waals surface area contributed by atoms with Gasteiger partial charge in [0.05, 0.1) is 5.69 Å². The summed E-state index contributed by atoms with van der Waals surface area (Å²) in [5.74, 6) is 0.547. The van der Waals surface area contributed by atoms with Crippen LogP contribution in [0.4, 0.5) is 15.9 Å². The van der Waals surface area contributed by atoms with Gasteiger partial charge in [0.25, 0.3) is 0 Å². The van der Waals surface area contributed by atoms with Crippen LogP contribution in [0.1, 0.15) is 11.3 Å². The zero-order valence-corrected chi connectivity index (χ0v) is 9.78. The molecule has 2 N–H and O–H groups in total. The maximum absolute atomic E-state index is 12.8. The molecular formula is C13H13FN4. The Hall–Kier alpha value is -2.01. The van der Waals surface area contributed by atoms with Crippen LogP contribution in [0.15, 0.2) is 30.6 Å². The second kappa shape index (κ2) is 4.70. The summed E-state index contributed by atoms with van der Waals surface area (Å²) in [5.41, 5.74) is 2.99. The van der Waals surface area contributed by atoms with Gasteiger partial charge in [-0.2, -0.15) is 0 Å². The minimum atomic E-state index is -0.244. The lowest BCUT2D eigenvalue weighted by molar-refractivity contribution is 0.626. The van der Waals surface area contributed by atoms with Crippen molar-refractivity contribution in [2.45, 2.75) is 13.0 Å². The van der Waals surface area contributed by atoms with Gasteiger partial charge in [-0.3, -0.25) is 0 Å². The van der Waals surface area contributed by atoms with E-state index < -0.39 is 0 Å². The first-order chi connectivity index (χ1) is 8.83. The number of anilines is 2. The Bertz CT molecular complexity index is 553. The van der Waals surface area contributed by atoms with Crippen molar-refractivity contribution in [3.63, 3.8) is 0 Å². The molecule has 4 nitrogen and oxygen atoms in total. The topological polar surface area (TPSA) is 49.8 Å². The van der Waals surface area contributed by atoms with Crippen LogP contribution in [-0.2, 0) is 13.0 Å². The highest BCUT2D eigenvalue weighted by molar-refractivity contribution is 5.60. The number of hydrogen-bond donors (Lipinski definition) is 2. The lowest BCUT2D eigenvalue weighted by atomic mass is 10.1. The summed E-state index contributed by atoms with van der Waals surface area (Å²) in [4.78, 5) is 8.54. The normalized spacial score (nSPS) is 14.1. The highest BCUT2D eigenvalue weighted by atomic mass is 19.1. The molecule has 0 spiro atoms. The maximum atomic E-state index is 12.8. The Labute approximate surface area is 104 Å². The van der Waals surface area contributed by atoms with Gasteiger partial charge < -0.3 is 10.6 Å². The van der Waals surface area contributed by atoms with Crippen molar-refractivity contribution in [3.8, 4) is 0 Å². The van der Waals surface area contributed by atoms with Gasteiger partial charge in [-0.15, -0.1) is 0 Å². The molecule has 1 aliphatic heterocycles. The van der Waals surface area contributed by atoms with E-state index in [1.807, 2.05) is 0 Å². The highest BCUT2D eigenvalue weighted by Crippen LogP contribution is 2.22. The fraction of sp³-hybridized carbons (Fsp3) is 0.231. The number of nitrogens with zero attached hydrogens (tertiary/aromatic N) is 2. The smallest absolute Gasteiger partial charge is 0.138 e. The van der Waals surface area contributed by atoms with E-state index >= 15 is 0 Å². The van der Waals surface area contributed by atoms with Gasteiger partial charge in [0.2, 0.25) is 0 Å². The van der Waals surface area contributed by atoms with E-state index in [0.29, 0.717) is 0 Å². The van der Waals surface area contributed by atoms with Crippen molar-refractivity contribution in [1.82, 2.24) is 15.3 Å². The van der Waals surface area contributed by atoms with Crippen molar-refractivity contribution < 1.29 is 4.39 Å². The van der Waals surface area contributed by atoms with Crippen LogP contribution in [-0.4, -0.2) is 16.5 Å². The predicted octanol–water partition coefficient (Wildman–Crippen LogP) is 2.00. The summed E-state index contributed by atoms with van der Waals surface area (Å²) >= 11 is 0. The van der Waals surface area contributed by atoms with Gasteiger partial charge in [0, 0.05) is 30.8 Å². The molecule has 0 radical (unpaired) electrons. The van der Waals surface area contributed by atoms with Crippen LogP contribution < -0.4 is 10.6 Å². The third-order valence-corrected chi connectivity index (χ3v) is 2.98. The second-order valence-electron chi connectivity index (χ2n) is 4.21. The summed E-state index contributed by atoms with van der Waals surface area (Å²) < 4.78 is 12.8. The molecule has 0 aliphatic carbocycles. The molecule has 1 aromatic heterocycles. The van der Waals surface area contributed by atoms with Crippen molar-refractivity contribution in [2.24, 2.45) is 0 Å². The maximum Gasteiger partial charge on any atom is 0.138 e. The molecule has 0 saturated heterocycles. The van der Waals surface area contributed by atoms with E-state index in [9.17, 15) is 4.39 Å². The Morgan fingerprint density at radius 2 is 2.00 bits per heavy atom. The molecule has 0 atom stereocenters. The van der Waals surface area contributed by atoms with Gasteiger partial charge >= 0.3 is 0 Å². The van der Waals surface area contributed by atoms with E-state index in [-0.39, 0.29) is 5.82 Å². The quantitative estimate of drug-likeness (QED) is 0.848. The fourth-order valence-corrected chi connectivity index (χ4v) is 2.05. The minimum absolute atomic E-state index is 0.244. The molecule has 0 fully saturated rings. The molecule has 2 heterocycles. The SMILES string of the molecule is Fc1ccc(Nc2ncnc3c2CNCC3)cc1. The third-order valence-electron chi connectivity index (χ3n) is 2.98. The number of nitrogens with one attached hydrogen (secondary N) is 2. The summed E-state index contributed by atoms with van der Waals surface area (Å²) in [7, 11) is 0. The Kier molecular flexibility index (Phi) is 2.90. The summed E-state index contributed by atoms with van der Waals surface area (Å²) in [6.45, 7) is 1.71. The van der Waals surface area contributed by atoms with E-state index in [1.165, 1.54) is 12.1 Å². The minimum Gasteiger partial charge on any atom is -0.340 e. The van der Waals surface area contributed by atoms with E-state index in [4.69, 9.17) is 0 Å². The lowest BCUT2D eigenvalue weighted by Gasteiger charge is -2.19. The number of aromatic nitrogens is 2. The van der Waals surface area contributed by atoms with Crippen LogP contribution in [0.25, 0.3) is 0 Å². The number of hydrogen-bond acceptors (Lipinski definition) is 4. The van der Waals surface area contributed by atoms with Gasteiger partial charge in [-0.25, -0.2) is 14.4 Å². The number of rotatable bonds is 2. The molecule has 0 bridgehead atoms. The molecule has 3 rings (SSSR count). The van der Waals surface area contributed by atoms with Crippen LogP contribution in [0.5, 0.6) is 0 Å². The van der Waals surface area contributed by atoms with Gasteiger partial charge in [0.1, 0.15) is 18.0 Å². The second-order valence-corrected chi connectivity index (χ2v) is 4.21. The average Bonchev–Trinajstić information content (AvgIpc) is 2.42. The monoisotopic (exact) mass is 244 g/mol. The number of fused-ring (bicyclic) bond motifs is 1. The lowest BCUT2D eigenvalue weighted by Crippen LogP contribution is -2.25. The summed E-state index contributed by atoms with van der Waals surface area (Å²) in [6.07, 6.45) is 2.48. The van der Waals surface area contributed by atoms with Gasteiger partial charge in [0.15, 0.2) is 0 Å². The molecule has 1 aromatic carbocycles. The Morgan fingerprint density at radius 1 is 1.17 bits per heavy atom. The van der Waals surface area contributed by atoms with Crippen molar-refractivity contribution in [2.75, 3.05) is 11.9 Å². The molecular weight excluding hydrogens is 231 g/mol. The molecule has 0 amide bonds. The van der Waals surface area contributed by atoms with Gasteiger partial charge in [-0.05, 0) is 24.3 Å². The van der Waals surface area contributed by atoms with Crippen molar-refractivity contribution in [3.05, 3.63) is 47.7 Å². The van der Waals surface area contributed by atoms with E-state index in [2.05, 4.69) is 20.6 Å². The predicted molar refractivity (Wildman–Crippen MR) is 67.1 cm³/mol. The standard InChI is InChI=1S/C13H13FN4/c14-9-1-3-10(4-2-9)18-13-11-7-15-6-5-12(11)16-8-17-13/h1-4,8,15H,5-7H2,(H,16,17,18). The zero-order chi connectivity index (χ0) is 12.4. The molecule has 18 heavy (non-hydrogen) atoms. The third kappa shape index (κ3) is 2.17. The van der Waals surface area contributed by atoms with Crippen molar-refractivity contribution in [1.29, 1.82) is 0 Å². The highest BCUT2D eigenvalue weighted by Gasteiger charge is 2.14. The first kappa shape index (κ1) is 11.1. The average molecular weight is 244 g/mol. The summed E-state index contributed by atoms with van der Waals surface area (Å²) in [5, 5.41) is 6.50. The summed E-state index contributed by atoms with van der Waals surface area (Å²) in [6, 6.07) is 6.24. The van der Waals surface area contributed by atoms with Crippen LogP contribution >= 0.6 is 0 Å². The Morgan fingerprint density at radius 3 is 2.83 bits per heavy atom. The number of halogens is 1. The molecule has 0 unspecified atom stereocenters. The van der Waals surface area contributed by atoms with Gasteiger partial charge in [-0.1, -0.05) is 0 Å². The molecule has 92 valence electrons. The van der Waals surface area contributed by atoms with Crippen LogP contribution in [0, 0.1) is 5.82 Å². The molecule has 0 saturated carbocycles. The molecule has 2 aromatic rings. The first-order valence-corrected chi connectivity index (χ1v) is 5.89. The molecule has 5 heteroatoms. The van der Waals surface area contributed by atoms with E-state index in [1.54, 1.807) is 18.5 Å². The molecule has 1 aliphatic rings. The van der Waals surface area contributed by atoms with Crippen molar-refractivity contribution >= 4 is 11.5 Å². The number of benzene rings is 1. The van der Waals surface area contributed by atoms with E-state index in [0.717, 1.165) is 42.3 Å². The first-order valence-electron chi connectivity index (χ1n) is 5.89. The van der Waals surface area contributed by atoms with Crippen LogP contribution in [0.2, 0.25) is 0 Å². The van der Waals surface area contributed by atoms with Crippen LogP contribution in [0.3, 0.4) is 0 Å². The largest absolute Gasteiger partial charge is 0.340 e. The zero-order valence-electron chi connectivity index (χ0n) is 9.78.